The Morgan fingerprint density at radius 2 is 2.11 bits per heavy atom. The molecular formula is C13H17N5O. The van der Waals surface area contributed by atoms with Crippen molar-refractivity contribution in [2.75, 3.05) is 0 Å². The van der Waals surface area contributed by atoms with Crippen molar-refractivity contribution < 1.29 is 4.79 Å². The molecular weight excluding hydrogens is 242 g/mol. The lowest BCUT2D eigenvalue weighted by atomic mass is 9.91. The standard InChI is InChI=1S/C13H17N5O/c14-8-4-6-9(7-5-8)15-13(19)10-2-1-3-11-12(10)17-18-16-11/h1-3,8-9H,4-7,14H2,(H,15,19)(H,16,17,18). The van der Waals surface area contributed by atoms with E-state index in [9.17, 15) is 4.79 Å². The number of aromatic nitrogens is 3. The highest BCUT2D eigenvalue weighted by Gasteiger charge is 2.21. The van der Waals surface area contributed by atoms with Gasteiger partial charge in [-0.1, -0.05) is 11.3 Å². The molecule has 1 amide bonds. The largest absolute Gasteiger partial charge is 0.349 e. The van der Waals surface area contributed by atoms with Gasteiger partial charge in [-0.15, -0.1) is 5.10 Å². The summed E-state index contributed by atoms with van der Waals surface area (Å²) in [6.07, 6.45) is 3.83. The van der Waals surface area contributed by atoms with Gasteiger partial charge in [-0.25, -0.2) is 0 Å². The van der Waals surface area contributed by atoms with Gasteiger partial charge in [0, 0.05) is 12.1 Å². The molecule has 0 atom stereocenters. The number of fused-ring (bicyclic) bond motifs is 1. The van der Waals surface area contributed by atoms with Crippen molar-refractivity contribution in [1.82, 2.24) is 20.7 Å². The molecule has 1 aliphatic rings. The number of amides is 1. The van der Waals surface area contributed by atoms with E-state index in [4.69, 9.17) is 5.73 Å². The highest BCUT2D eigenvalue weighted by molar-refractivity contribution is 6.04. The first-order chi connectivity index (χ1) is 9.24. The number of nitrogens with one attached hydrogen (secondary N) is 2. The zero-order valence-electron chi connectivity index (χ0n) is 10.6. The molecule has 2 aromatic rings. The van der Waals surface area contributed by atoms with E-state index in [2.05, 4.69) is 20.7 Å². The third-order valence-electron chi connectivity index (χ3n) is 3.71. The Balaban J connectivity index is 1.75. The number of nitrogens with zero attached hydrogens (tertiary/aromatic N) is 2. The number of carbonyl (C=O) groups excluding carboxylic acids is 1. The molecule has 1 heterocycles. The SMILES string of the molecule is NC1CCC(NC(=O)c2cccc3[nH]nnc23)CC1. The van der Waals surface area contributed by atoms with Crippen LogP contribution in [0.15, 0.2) is 18.2 Å². The molecule has 0 aliphatic heterocycles. The number of aromatic amines is 1. The van der Waals surface area contributed by atoms with Crippen LogP contribution in [0.4, 0.5) is 0 Å². The molecule has 1 aliphatic carbocycles. The van der Waals surface area contributed by atoms with Gasteiger partial charge in [0.05, 0.1) is 11.1 Å². The molecule has 100 valence electrons. The number of H-pyrrole nitrogens is 1. The van der Waals surface area contributed by atoms with E-state index < -0.39 is 0 Å². The van der Waals surface area contributed by atoms with Gasteiger partial charge in [-0.05, 0) is 37.8 Å². The Morgan fingerprint density at radius 3 is 2.89 bits per heavy atom. The maximum absolute atomic E-state index is 12.3. The van der Waals surface area contributed by atoms with Crippen LogP contribution in [-0.2, 0) is 0 Å². The van der Waals surface area contributed by atoms with Crippen LogP contribution in [0.1, 0.15) is 36.0 Å². The van der Waals surface area contributed by atoms with Crippen LogP contribution in [-0.4, -0.2) is 33.4 Å². The predicted molar refractivity (Wildman–Crippen MR) is 71.6 cm³/mol. The summed E-state index contributed by atoms with van der Waals surface area (Å²) >= 11 is 0. The van der Waals surface area contributed by atoms with E-state index in [0.717, 1.165) is 31.2 Å². The summed E-state index contributed by atoms with van der Waals surface area (Å²) in [4.78, 5) is 12.3. The second kappa shape index (κ2) is 4.97. The van der Waals surface area contributed by atoms with Crippen LogP contribution >= 0.6 is 0 Å². The van der Waals surface area contributed by atoms with E-state index in [1.165, 1.54) is 0 Å². The van der Waals surface area contributed by atoms with E-state index in [1.54, 1.807) is 6.07 Å². The van der Waals surface area contributed by atoms with E-state index in [1.807, 2.05) is 12.1 Å². The van der Waals surface area contributed by atoms with Gasteiger partial charge < -0.3 is 11.1 Å². The van der Waals surface area contributed by atoms with E-state index in [0.29, 0.717) is 11.1 Å². The molecule has 19 heavy (non-hydrogen) atoms. The first kappa shape index (κ1) is 12.1. The maximum Gasteiger partial charge on any atom is 0.253 e. The van der Waals surface area contributed by atoms with Crippen molar-refractivity contribution >= 4 is 16.9 Å². The average Bonchev–Trinajstić information content (AvgIpc) is 2.89. The minimum Gasteiger partial charge on any atom is -0.349 e. The molecule has 4 N–H and O–H groups in total. The normalized spacial score (nSPS) is 23.4. The summed E-state index contributed by atoms with van der Waals surface area (Å²) in [7, 11) is 0. The second-order valence-corrected chi connectivity index (χ2v) is 5.10. The Hall–Kier alpha value is -1.95. The van der Waals surface area contributed by atoms with E-state index >= 15 is 0 Å². The van der Waals surface area contributed by atoms with E-state index in [-0.39, 0.29) is 18.0 Å². The van der Waals surface area contributed by atoms with Gasteiger partial charge in [0.1, 0.15) is 5.52 Å². The van der Waals surface area contributed by atoms with Crippen LogP contribution < -0.4 is 11.1 Å². The fourth-order valence-electron chi connectivity index (χ4n) is 2.58. The van der Waals surface area contributed by atoms with Gasteiger partial charge in [-0.2, -0.15) is 0 Å². The molecule has 1 fully saturated rings. The first-order valence-corrected chi connectivity index (χ1v) is 6.60. The molecule has 1 aromatic carbocycles. The van der Waals surface area contributed by atoms with Crippen molar-refractivity contribution in [1.29, 1.82) is 0 Å². The maximum atomic E-state index is 12.3. The second-order valence-electron chi connectivity index (χ2n) is 5.10. The average molecular weight is 259 g/mol. The summed E-state index contributed by atoms with van der Waals surface area (Å²) in [5, 5.41) is 13.5. The molecule has 0 unspecified atom stereocenters. The molecule has 6 nitrogen and oxygen atoms in total. The third-order valence-corrected chi connectivity index (χ3v) is 3.71. The number of carbonyl (C=O) groups is 1. The summed E-state index contributed by atoms with van der Waals surface area (Å²) in [5.74, 6) is -0.0834. The molecule has 1 aromatic heterocycles. The minimum atomic E-state index is -0.0834. The molecule has 0 radical (unpaired) electrons. The minimum absolute atomic E-state index is 0.0834. The number of rotatable bonds is 2. The number of hydrogen-bond donors (Lipinski definition) is 3. The molecule has 6 heteroatoms. The van der Waals surface area contributed by atoms with Gasteiger partial charge in [-0.3, -0.25) is 9.89 Å². The Labute approximate surface area is 110 Å². The highest BCUT2D eigenvalue weighted by atomic mass is 16.1. The monoisotopic (exact) mass is 259 g/mol. The lowest BCUT2D eigenvalue weighted by Gasteiger charge is -2.26. The van der Waals surface area contributed by atoms with Gasteiger partial charge in [0.15, 0.2) is 0 Å². The molecule has 0 bridgehead atoms. The molecule has 1 saturated carbocycles. The summed E-state index contributed by atoms with van der Waals surface area (Å²) in [5.41, 5.74) is 7.83. The zero-order chi connectivity index (χ0) is 13.2. The number of hydrogen-bond acceptors (Lipinski definition) is 4. The molecule has 0 spiro atoms. The Bertz CT molecular complexity index is 585. The first-order valence-electron chi connectivity index (χ1n) is 6.60. The lowest BCUT2D eigenvalue weighted by molar-refractivity contribution is 0.0927. The summed E-state index contributed by atoms with van der Waals surface area (Å²) < 4.78 is 0. The predicted octanol–water partition coefficient (Wildman–Crippen LogP) is 0.958. The van der Waals surface area contributed by atoms with Crippen LogP contribution in [0.25, 0.3) is 11.0 Å². The number of benzene rings is 1. The van der Waals surface area contributed by atoms with Crippen LogP contribution in [0.2, 0.25) is 0 Å². The summed E-state index contributed by atoms with van der Waals surface area (Å²) in [6, 6.07) is 5.95. The van der Waals surface area contributed by atoms with Gasteiger partial charge in [0.2, 0.25) is 0 Å². The van der Waals surface area contributed by atoms with Crippen LogP contribution in [0.5, 0.6) is 0 Å². The lowest BCUT2D eigenvalue weighted by Crippen LogP contribution is -2.40. The van der Waals surface area contributed by atoms with Crippen molar-refractivity contribution in [3.05, 3.63) is 23.8 Å². The van der Waals surface area contributed by atoms with Crippen molar-refractivity contribution in [2.24, 2.45) is 5.73 Å². The zero-order valence-corrected chi connectivity index (χ0v) is 10.6. The fraction of sp³-hybridized carbons (Fsp3) is 0.462. The highest BCUT2D eigenvalue weighted by Crippen LogP contribution is 2.19. The molecule has 0 saturated heterocycles. The van der Waals surface area contributed by atoms with Crippen LogP contribution in [0.3, 0.4) is 0 Å². The Kier molecular flexibility index (Phi) is 3.16. The van der Waals surface area contributed by atoms with Gasteiger partial charge in [0.25, 0.3) is 5.91 Å². The van der Waals surface area contributed by atoms with Crippen molar-refractivity contribution in [2.45, 2.75) is 37.8 Å². The quantitative estimate of drug-likeness (QED) is 0.748. The third kappa shape index (κ3) is 2.44. The Morgan fingerprint density at radius 1 is 1.32 bits per heavy atom. The van der Waals surface area contributed by atoms with Crippen molar-refractivity contribution in [3.63, 3.8) is 0 Å². The van der Waals surface area contributed by atoms with Crippen LogP contribution in [0, 0.1) is 0 Å². The van der Waals surface area contributed by atoms with Crippen molar-refractivity contribution in [3.8, 4) is 0 Å². The summed E-state index contributed by atoms with van der Waals surface area (Å²) in [6.45, 7) is 0. The topological polar surface area (TPSA) is 96.7 Å². The number of nitrogens with two attached hydrogens (primary N) is 1. The van der Waals surface area contributed by atoms with Gasteiger partial charge >= 0.3 is 0 Å². The molecule has 3 rings (SSSR count). The smallest absolute Gasteiger partial charge is 0.253 e. The fourth-order valence-corrected chi connectivity index (χ4v) is 2.58.